The first-order valence-electron chi connectivity index (χ1n) is 5.61. The third kappa shape index (κ3) is 3.25. The molecule has 2 aromatic rings. The number of benzene rings is 1. The Morgan fingerprint density at radius 2 is 1.79 bits per heavy atom. The molecule has 2 rings (SSSR count). The molecule has 19 heavy (non-hydrogen) atoms. The van der Waals surface area contributed by atoms with Gasteiger partial charge in [0, 0.05) is 10.2 Å². The predicted octanol–water partition coefficient (Wildman–Crippen LogP) is 4.37. The molecule has 4 nitrogen and oxygen atoms in total. The van der Waals surface area contributed by atoms with Crippen molar-refractivity contribution in [2.45, 2.75) is 13.8 Å². The van der Waals surface area contributed by atoms with E-state index in [0.29, 0.717) is 11.8 Å². The molecule has 0 spiro atoms. The van der Waals surface area contributed by atoms with Crippen LogP contribution in [0, 0.1) is 13.8 Å². The lowest BCUT2D eigenvalue weighted by molar-refractivity contribution is 0.394. The number of hydrogen-bond donors (Lipinski definition) is 1. The minimum absolute atomic E-state index is 0.501. The number of ether oxygens (including phenoxy) is 1. The van der Waals surface area contributed by atoms with Crippen LogP contribution in [0.15, 0.2) is 27.3 Å². The van der Waals surface area contributed by atoms with Gasteiger partial charge in [-0.25, -0.2) is 4.98 Å². The lowest BCUT2D eigenvalue weighted by Crippen LogP contribution is -2.00. The van der Waals surface area contributed by atoms with E-state index in [9.17, 15) is 0 Å². The summed E-state index contributed by atoms with van der Waals surface area (Å²) in [6.07, 6.45) is 1.66. The van der Waals surface area contributed by atoms with E-state index in [-0.39, 0.29) is 0 Å². The largest absolute Gasteiger partial charge is 0.480 e. The van der Waals surface area contributed by atoms with Crippen molar-refractivity contribution in [3.05, 3.63) is 38.4 Å². The Hall–Kier alpha value is -1.14. The number of aromatic nitrogens is 2. The molecule has 0 radical (unpaired) electrons. The summed E-state index contributed by atoms with van der Waals surface area (Å²) < 4.78 is 6.99. The average molecular weight is 387 g/mol. The van der Waals surface area contributed by atoms with E-state index < -0.39 is 0 Å². The maximum absolute atomic E-state index is 5.14. The fourth-order valence-corrected chi connectivity index (χ4v) is 2.28. The van der Waals surface area contributed by atoms with E-state index >= 15 is 0 Å². The molecule has 0 saturated heterocycles. The number of halogens is 2. The van der Waals surface area contributed by atoms with Crippen LogP contribution >= 0.6 is 31.9 Å². The van der Waals surface area contributed by atoms with Gasteiger partial charge in [0.1, 0.15) is 0 Å². The van der Waals surface area contributed by atoms with Crippen LogP contribution < -0.4 is 10.1 Å². The van der Waals surface area contributed by atoms with Crippen LogP contribution in [0.1, 0.15) is 11.1 Å². The summed E-state index contributed by atoms with van der Waals surface area (Å²) in [4.78, 5) is 8.47. The smallest absolute Gasteiger partial charge is 0.232 e. The number of nitrogens with one attached hydrogen (secondary N) is 1. The predicted molar refractivity (Wildman–Crippen MR) is 83.2 cm³/mol. The minimum Gasteiger partial charge on any atom is -0.480 e. The molecule has 1 aromatic carbocycles. The number of methoxy groups -OCH3 is 1. The van der Waals surface area contributed by atoms with Crippen molar-refractivity contribution < 1.29 is 4.74 Å². The normalized spacial score (nSPS) is 10.4. The second-order valence-corrected chi connectivity index (χ2v) is 5.75. The van der Waals surface area contributed by atoms with Gasteiger partial charge in [-0.15, -0.1) is 0 Å². The zero-order valence-electron chi connectivity index (χ0n) is 10.8. The van der Waals surface area contributed by atoms with Crippen LogP contribution in [-0.4, -0.2) is 17.1 Å². The van der Waals surface area contributed by atoms with Crippen LogP contribution in [0.2, 0.25) is 0 Å². The SMILES string of the molecule is COc1nc(Nc2cc(C)c(Br)c(C)c2)ncc1Br. The van der Waals surface area contributed by atoms with E-state index in [2.05, 4.69) is 47.1 Å². The standard InChI is InChI=1S/C13H13Br2N3O/c1-7-4-9(5-8(2)11(7)15)17-13-16-6-10(14)12(18-13)19-3/h4-6H,1-3H3,(H,16,17,18). The Balaban J connectivity index is 2.31. The van der Waals surface area contributed by atoms with Gasteiger partial charge in [0.05, 0.1) is 17.8 Å². The number of anilines is 2. The molecular formula is C13H13Br2N3O. The van der Waals surface area contributed by atoms with Gasteiger partial charge in [0.25, 0.3) is 0 Å². The zero-order chi connectivity index (χ0) is 14.0. The number of aryl methyl sites for hydroxylation is 2. The van der Waals surface area contributed by atoms with Crippen molar-refractivity contribution in [3.63, 3.8) is 0 Å². The molecule has 0 atom stereocenters. The zero-order valence-corrected chi connectivity index (χ0v) is 14.0. The van der Waals surface area contributed by atoms with Gasteiger partial charge in [-0.2, -0.15) is 4.98 Å². The number of hydrogen-bond acceptors (Lipinski definition) is 4. The first-order valence-corrected chi connectivity index (χ1v) is 7.20. The van der Waals surface area contributed by atoms with Gasteiger partial charge in [-0.05, 0) is 53.0 Å². The van der Waals surface area contributed by atoms with Crippen LogP contribution in [-0.2, 0) is 0 Å². The summed E-state index contributed by atoms with van der Waals surface area (Å²) in [6.45, 7) is 4.09. The molecule has 0 aliphatic carbocycles. The van der Waals surface area contributed by atoms with Crippen molar-refractivity contribution in [1.29, 1.82) is 0 Å². The van der Waals surface area contributed by atoms with E-state index in [4.69, 9.17) is 4.74 Å². The highest BCUT2D eigenvalue weighted by molar-refractivity contribution is 9.10. The van der Waals surface area contributed by atoms with Crippen LogP contribution in [0.4, 0.5) is 11.6 Å². The number of rotatable bonds is 3. The third-order valence-electron chi connectivity index (χ3n) is 2.60. The summed E-state index contributed by atoms with van der Waals surface area (Å²) in [5.74, 6) is 1.00. The molecule has 0 fully saturated rings. The Kier molecular flexibility index (Phi) is 4.42. The van der Waals surface area contributed by atoms with Gasteiger partial charge in [-0.1, -0.05) is 15.9 Å². The van der Waals surface area contributed by atoms with Crippen LogP contribution in [0.5, 0.6) is 5.88 Å². The Labute approximate surface area is 128 Å². The van der Waals surface area contributed by atoms with Gasteiger partial charge in [0.15, 0.2) is 0 Å². The molecule has 0 aliphatic rings. The second-order valence-electron chi connectivity index (χ2n) is 4.10. The fourth-order valence-electron chi connectivity index (χ4n) is 1.70. The van der Waals surface area contributed by atoms with E-state index in [1.807, 2.05) is 26.0 Å². The maximum atomic E-state index is 5.14. The summed E-state index contributed by atoms with van der Waals surface area (Å²) in [7, 11) is 1.57. The fraction of sp³-hybridized carbons (Fsp3) is 0.231. The highest BCUT2D eigenvalue weighted by Gasteiger charge is 2.07. The molecule has 0 amide bonds. The van der Waals surface area contributed by atoms with Gasteiger partial charge >= 0.3 is 0 Å². The molecule has 100 valence electrons. The lowest BCUT2D eigenvalue weighted by atomic mass is 10.1. The topological polar surface area (TPSA) is 47.0 Å². The van der Waals surface area contributed by atoms with Crippen LogP contribution in [0.25, 0.3) is 0 Å². The quantitative estimate of drug-likeness (QED) is 0.850. The van der Waals surface area contributed by atoms with Crippen molar-refractivity contribution in [2.24, 2.45) is 0 Å². The van der Waals surface area contributed by atoms with Crippen molar-refractivity contribution in [3.8, 4) is 5.88 Å². The summed E-state index contributed by atoms with van der Waals surface area (Å²) in [5.41, 5.74) is 3.26. The van der Waals surface area contributed by atoms with Crippen molar-refractivity contribution >= 4 is 43.5 Å². The third-order valence-corrected chi connectivity index (χ3v) is 4.39. The Morgan fingerprint density at radius 1 is 1.16 bits per heavy atom. The average Bonchev–Trinajstić information content (AvgIpc) is 2.38. The number of nitrogens with zero attached hydrogens (tertiary/aromatic N) is 2. The summed E-state index contributed by atoms with van der Waals surface area (Å²) in [6, 6.07) is 4.07. The molecule has 6 heteroatoms. The molecule has 1 N–H and O–H groups in total. The molecule has 1 aromatic heterocycles. The molecule has 0 unspecified atom stereocenters. The molecular weight excluding hydrogens is 374 g/mol. The van der Waals surface area contributed by atoms with E-state index in [0.717, 1.165) is 25.8 Å². The molecule has 0 bridgehead atoms. The Bertz CT molecular complexity index is 594. The van der Waals surface area contributed by atoms with E-state index in [1.54, 1.807) is 13.3 Å². The summed E-state index contributed by atoms with van der Waals surface area (Å²) in [5, 5.41) is 3.17. The highest BCUT2D eigenvalue weighted by Crippen LogP contribution is 2.27. The van der Waals surface area contributed by atoms with Gasteiger partial charge in [0.2, 0.25) is 11.8 Å². The Morgan fingerprint density at radius 3 is 2.37 bits per heavy atom. The van der Waals surface area contributed by atoms with Crippen LogP contribution in [0.3, 0.4) is 0 Å². The van der Waals surface area contributed by atoms with Crippen molar-refractivity contribution in [2.75, 3.05) is 12.4 Å². The molecule has 1 heterocycles. The first kappa shape index (κ1) is 14.3. The molecule has 0 saturated carbocycles. The first-order chi connectivity index (χ1) is 9.01. The maximum Gasteiger partial charge on any atom is 0.232 e. The monoisotopic (exact) mass is 385 g/mol. The van der Waals surface area contributed by atoms with Gasteiger partial charge in [-0.3, -0.25) is 0 Å². The highest BCUT2D eigenvalue weighted by atomic mass is 79.9. The van der Waals surface area contributed by atoms with Crippen molar-refractivity contribution in [1.82, 2.24) is 9.97 Å². The lowest BCUT2D eigenvalue weighted by Gasteiger charge is -2.10. The van der Waals surface area contributed by atoms with E-state index in [1.165, 1.54) is 0 Å². The minimum atomic E-state index is 0.501. The molecule has 0 aliphatic heterocycles. The summed E-state index contributed by atoms with van der Waals surface area (Å²) >= 11 is 6.87. The second kappa shape index (κ2) is 5.88. The van der Waals surface area contributed by atoms with Gasteiger partial charge < -0.3 is 10.1 Å².